The summed E-state index contributed by atoms with van der Waals surface area (Å²) in [4.78, 5) is -0.777. The third-order valence-corrected chi connectivity index (χ3v) is 3.69. The van der Waals surface area contributed by atoms with E-state index in [-0.39, 0.29) is 0 Å². The minimum Gasteiger partial charge on any atom is -0.496 e. The van der Waals surface area contributed by atoms with Gasteiger partial charge in [0.05, 0.1) is 7.11 Å². The highest BCUT2D eigenvalue weighted by Crippen LogP contribution is 2.41. The number of fused-ring (bicyclic) bond motifs is 1. The van der Waals surface area contributed by atoms with E-state index in [0.717, 1.165) is 22.6 Å². The van der Waals surface area contributed by atoms with Crippen molar-refractivity contribution in [1.82, 2.24) is 0 Å². The predicted octanol–water partition coefficient (Wildman–Crippen LogP) is 4.23. The Kier molecular flexibility index (Phi) is 2.96. The largest absolute Gasteiger partial charge is 0.496 e. The van der Waals surface area contributed by atoms with Crippen molar-refractivity contribution < 1.29 is 4.74 Å². The Labute approximate surface area is 117 Å². The number of hydrogen-bond acceptors (Lipinski definition) is 2. The van der Waals surface area contributed by atoms with E-state index in [2.05, 4.69) is 11.4 Å². The fraction of sp³-hybridized carbons (Fsp3) is 0.125. The maximum atomic E-state index is 6.73. The molecular formula is C16H14ClNO. The van der Waals surface area contributed by atoms with Gasteiger partial charge >= 0.3 is 0 Å². The summed E-state index contributed by atoms with van der Waals surface area (Å²) in [7, 11) is 1.65. The van der Waals surface area contributed by atoms with Gasteiger partial charge in [0, 0.05) is 11.3 Å². The number of rotatable bonds is 2. The van der Waals surface area contributed by atoms with Crippen LogP contribution >= 0.6 is 11.6 Å². The van der Waals surface area contributed by atoms with E-state index >= 15 is 0 Å². The van der Waals surface area contributed by atoms with Gasteiger partial charge in [0.2, 0.25) is 0 Å². The van der Waals surface area contributed by atoms with Gasteiger partial charge in [-0.1, -0.05) is 54.1 Å². The lowest BCUT2D eigenvalue weighted by Crippen LogP contribution is -2.29. The second kappa shape index (κ2) is 4.63. The van der Waals surface area contributed by atoms with Gasteiger partial charge < -0.3 is 10.1 Å². The van der Waals surface area contributed by atoms with Gasteiger partial charge in [0.25, 0.3) is 0 Å². The molecule has 0 fully saturated rings. The third-order valence-electron chi connectivity index (χ3n) is 3.27. The van der Waals surface area contributed by atoms with Gasteiger partial charge in [0.1, 0.15) is 5.75 Å². The highest BCUT2D eigenvalue weighted by molar-refractivity contribution is 6.27. The van der Waals surface area contributed by atoms with Crippen molar-refractivity contribution in [1.29, 1.82) is 0 Å². The summed E-state index contributed by atoms with van der Waals surface area (Å²) in [6.45, 7) is 0. The fourth-order valence-corrected chi connectivity index (χ4v) is 2.62. The normalized spacial score (nSPS) is 20.5. The van der Waals surface area contributed by atoms with E-state index in [0.29, 0.717) is 0 Å². The molecule has 0 radical (unpaired) electrons. The number of methoxy groups -OCH3 is 1. The first kappa shape index (κ1) is 12.1. The Balaban J connectivity index is 2.07. The topological polar surface area (TPSA) is 21.3 Å². The number of nitrogens with one attached hydrogen (secondary N) is 1. The summed E-state index contributed by atoms with van der Waals surface area (Å²) in [5, 5.41) is 3.36. The lowest BCUT2D eigenvalue weighted by molar-refractivity contribution is 0.407. The zero-order chi connectivity index (χ0) is 13.3. The Hall–Kier alpha value is -1.93. The molecule has 1 aliphatic rings. The second-order valence-electron chi connectivity index (χ2n) is 4.46. The monoisotopic (exact) mass is 271 g/mol. The molecule has 1 unspecified atom stereocenters. The van der Waals surface area contributed by atoms with E-state index in [1.54, 1.807) is 7.11 Å². The van der Waals surface area contributed by atoms with Crippen LogP contribution in [-0.2, 0) is 5.00 Å². The molecule has 1 heterocycles. The van der Waals surface area contributed by atoms with Crippen molar-refractivity contribution in [2.45, 2.75) is 5.00 Å². The van der Waals surface area contributed by atoms with Crippen LogP contribution in [0.3, 0.4) is 0 Å². The molecule has 19 heavy (non-hydrogen) atoms. The highest BCUT2D eigenvalue weighted by atomic mass is 35.5. The molecule has 1 atom stereocenters. The first-order chi connectivity index (χ1) is 9.23. The van der Waals surface area contributed by atoms with Crippen molar-refractivity contribution in [3.8, 4) is 5.75 Å². The molecule has 0 aliphatic carbocycles. The van der Waals surface area contributed by atoms with Gasteiger partial charge in [-0.2, -0.15) is 0 Å². The Morgan fingerprint density at radius 3 is 2.63 bits per heavy atom. The standard InChI is InChI=1S/C16H14ClNO/c1-19-15-9-5-3-7-13(15)16(17)11-10-12-6-2-4-8-14(12)18-16/h2-11,18H,1H3. The number of anilines is 1. The molecule has 0 amide bonds. The molecule has 3 rings (SSSR count). The number of halogens is 1. The third kappa shape index (κ3) is 2.08. The first-order valence-corrected chi connectivity index (χ1v) is 6.49. The molecule has 1 N–H and O–H groups in total. The van der Waals surface area contributed by atoms with E-state index in [1.165, 1.54) is 0 Å². The maximum Gasteiger partial charge on any atom is 0.161 e. The predicted molar refractivity (Wildman–Crippen MR) is 79.6 cm³/mol. The minimum absolute atomic E-state index is 0.772. The summed E-state index contributed by atoms with van der Waals surface area (Å²) >= 11 is 6.73. The van der Waals surface area contributed by atoms with E-state index in [4.69, 9.17) is 16.3 Å². The number of para-hydroxylation sites is 2. The smallest absolute Gasteiger partial charge is 0.161 e. The van der Waals surface area contributed by atoms with Crippen molar-refractivity contribution in [2.75, 3.05) is 12.4 Å². The van der Waals surface area contributed by atoms with Crippen molar-refractivity contribution in [2.24, 2.45) is 0 Å². The SMILES string of the molecule is COc1ccccc1C1(Cl)C=Cc2ccccc2N1. The van der Waals surface area contributed by atoms with Gasteiger partial charge in [-0.05, 0) is 23.8 Å². The fourth-order valence-electron chi connectivity index (χ4n) is 2.30. The number of hydrogen-bond donors (Lipinski definition) is 1. The summed E-state index contributed by atoms with van der Waals surface area (Å²) in [6, 6.07) is 15.8. The van der Waals surface area contributed by atoms with Gasteiger partial charge in [0.15, 0.2) is 5.00 Å². The average Bonchev–Trinajstić information content (AvgIpc) is 2.47. The second-order valence-corrected chi connectivity index (χ2v) is 5.05. The van der Waals surface area contributed by atoms with Crippen molar-refractivity contribution >= 4 is 23.4 Å². The van der Waals surface area contributed by atoms with Gasteiger partial charge in [-0.25, -0.2) is 0 Å². The minimum atomic E-state index is -0.777. The molecule has 2 nitrogen and oxygen atoms in total. The van der Waals surface area contributed by atoms with E-state index in [1.807, 2.05) is 54.6 Å². The maximum absolute atomic E-state index is 6.73. The Bertz CT molecular complexity index is 638. The van der Waals surface area contributed by atoms with Crippen LogP contribution in [0.4, 0.5) is 5.69 Å². The van der Waals surface area contributed by atoms with Crippen molar-refractivity contribution in [3.63, 3.8) is 0 Å². The zero-order valence-electron chi connectivity index (χ0n) is 10.6. The summed E-state index contributed by atoms with van der Waals surface area (Å²) < 4.78 is 5.39. The first-order valence-electron chi connectivity index (χ1n) is 6.12. The quantitative estimate of drug-likeness (QED) is 0.652. The summed E-state index contributed by atoms with van der Waals surface area (Å²) in [6.07, 6.45) is 3.99. The molecule has 2 aromatic rings. The summed E-state index contributed by atoms with van der Waals surface area (Å²) in [5.74, 6) is 0.772. The lowest BCUT2D eigenvalue weighted by atomic mass is 9.98. The van der Waals surface area contributed by atoms with E-state index < -0.39 is 5.00 Å². The molecular weight excluding hydrogens is 258 g/mol. The molecule has 0 aromatic heterocycles. The van der Waals surface area contributed by atoms with E-state index in [9.17, 15) is 0 Å². The summed E-state index contributed by atoms with van der Waals surface area (Å²) in [5.41, 5.74) is 3.06. The molecule has 0 bridgehead atoms. The number of ether oxygens (including phenoxy) is 1. The lowest BCUT2D eigenvalue weighted by Gasteiger charge is -2.31. The van der Waals surface area contributed by atoms with Crippen LogP contribution in [0.5, 0.6) is 5.75 Å². The zero-order valence-corrected chi connectivity index (χ0v) is 11.3. The Morgan fingerprint density at radius 1 is 1.05 bits per heavy atom. The highest BCUT2D eigenvalue weighted by Gasteiger charge is 2.32. The molecule has 0 saturated carbocycles. The molecule has 96 valence electrons. The van der Waals surface area contributed by atoms with Crippen LogP contribution in [-0.4, -0.2) is 7.11 Å². The van der Waals surface area contributed by atoms with Crippen LogP contribution in [0.15, 0.2) is 54.6 Å². The average molecular weight is 272 g/mol. The van der Waals surface area contributed by atoms with Gasteiger partial charge in [-0.15, -0.1) is 0 Å². The molecule has 0 saturated heterocycles. The van der Waals surface area contributed by atoms with Crippen LogP contribution in [0.2, 0.25) is 0 Å². The number of alkyl halides is 1. The van der Waals surface area contributed by atoms with Crippen LogP contribution in [0, 0.1) is 0 Å². The Morgan fingerprint density at radius 2 is 1.79 bits per heavy atom. The van der Waals surface area contributed by atoms with Crippen molar-refractivity contribution in [3.05, 3.63) is 65.7 Å². The molecule has 1 aliphatic heterocycles. The van der Waals surface area contributed by atoms with Crippen LogP contribution in [0.1, 0.15) is 11.1 Å². The van der Waals surface area contributed by atoms with Crippen LogP contribution < -0.4 is 10.1 Å². The van der Waals surface area contributed by atoms with Crippen LogP contribution in [0.25, 0.3) is 6.08 Å². The molecule has 2 aromatic carbocycles. The van der Waals surface area contributed by atoms with Gasteiger partial charge in [-0.3, -0.25) is 0 Å². The molecule has 0 spiro atoms. The number of benzene rings is 2. The molecule has 3 heteroatoms.